The van der Waals surface area contributed by atoms with E-state index in [1.807, 2.05) is 0 Å². The van der Waals surface area contributed by atoms with Gasteiger partial charge in [-0.2, -0.15) is 0 Å². The van der Waals surface area contributed by atoms with Crippen molar-refractivity contribution in [3.63, 3.8) is 0 Å². The molecule has 0 spiro atoms. The van der Waals surface area contributed by atoms with Crippen LogP contribution in [0.15, 0.2) is 12.1 Å². The summed E-state index contributed by atoms with van der Waals surface area (Å²) in [4.78, 5) is 37.7. The first kappa shape index (κ1) is 22.5. The number of nitrogens with zero attached hydrogens (tertiary/aromatic N) is 1. The van der Waals surface area contributed by atoms with E-state index in [4.69, 9.17) is 54.4 Å². The lowest BCUT2D eigenvalue weighted by molar-refractivity contribution is -0.166. The number of fused-ring (bicyclic) bond motifs is 1. The molecule has 0 radical (unpaired) electrons. The van der Waals surface area contributed by atoms with E-state index in [0.29, 0.717) is 16.1 Å². The molecule has 1 fully saturated rings. The second-order valence-corrected chi connectivity index (χ2v) is 7.80. The topological polar surface area (TPSA) is 109 Å². The van der Waals surface area contributed by atoms with E-state index in [1.54, 1.807) is 16.7 Å². The van der Waals surface area contributed by atoms with Crippen molar-refractivity contribution in [3.8, 4) is 0 Å². The Hall–Kier alpha value is -2.14. The van der Waals surface area contributed by atoms with Gasteiger partial charge in [-0.3, -0.25) is 19.0 Å². The van der Waals surface area contributed by atoms with Crippen molar-refractivity contribution in [1.29, 1.82) is 0 Å². The van der Waals surface area contributed by atoms with Crippen molar-refractivity contribution in [2.24, 2.45) is 0 Å². The molecular weight excluding hydrogens is 459 g/mol. The lowest BCUT2D eigenvalue weighted by Gasteiger charge is -2.24. The van der Waals surface area contributed by atoms with Gasteiger partial charge in [-0.05, 0) is 24.4 Å². The molecule has 30 heavy (non-hydrogen) atoms. The number of carbonyl (C=O) groups is 3. The average molecular weight is 477 g/mol. The zero-order valence-corrected chi connectivity index (χ0v) is 18.5. The molecule has 12 heteroatoms. The molecule has 1 N–H and O–H groups in total. The smallest absolute Gasteiger partial charge is 0.303 e. The molecule has 1 aliphatic rings. The van der Waals surface area contributed by atoms with Crippen molar-refractivity contribution >= 4 is 64.4 Å². The molecule has 162 valence electrons. The number of halogens is 2. The Bertz CT molecular complexity index is 1070. The number of hydrogen-bond acceptors (Lipinski definition) is 8. The minimum atomic E-state index is -1.06. The number of imidazole rings is 1. The number of benzene rings is 1. The Labute approximate surface area is 186 Å². The number of esters is 3. The quantitative estimate of drug-likeness (QED) is 0.397. The number of nitrogens with one attached hydrogen (secondary N) is 1. The molecule has 0 bridgehead atoms. The summed E-state index contributed by atoms with van der Waals surface area (Å²) >= 11 is 17.7. The molecule has 2 heterocycles. The Balaban J connectivity index is 2.10. The third kappa shape index (κ3) is 4.61. The summed E-state index contributed by atoms with van der Waals surface area (Å²) in [6.07, 6.45) is -3.99. The molecule has 3 rings (SSSR count). The number of ether oxygens (including phenoxy) is 4. The predicted octanol–water partition coefficient (Wildman–Crippen LogP) is 3.33. The van der Waals surface area contributed by atoms with Gasteiger partial charge in [0.1, 0.15) is 12.7 Å². The zero-order chi connectivity index (χ0) is 22.2. The van der Waals surface area contributed by atoms with Gasteiger partial charge < -0.3 is 23.9 Å². The van der Waals surface area contributed by atoms with Gasteiger partial charge in [-0.25, -0.2) is 0 Å². The van der Waals surface area contributed by atoms with Gasteiger partial charge in [-0.15, -0.1) is 0 Å². The van der Waals surface area contributed by atoms with Gasteiger partial charge in [0.25, 0.3) is 0 Å². The number of aromatic nitrogens is 2. The molecule has 0 amide bonds. The molecular formula is C18H18Cl2N2O7S. The first-order valence-electron chi connectivity index (χ1n) is 8.81. The molecule has 1 aromatic heterocycles. The van der Waals surface area contributed by atoms with Gasteiger partial charge in [-0.1, -0.05) is 23.2 Å². The van der Waals surface area contributed by atoms with Crippen LogP contribution in [0.2, 0.25) is 10.0 Å². The van der Waals surface area contributed by atoms with E-state index in [-0.39, 0.29) is 16.4 Å². The Morgan fingerprint density at radius 1 is 1.07 bits per heavy atom. The normalized spacial score (nSPS) is 23.4. The molecule has 1 aromatic carbocycles. The van der Waals surface area contributed by atoms with Gasteiger partial charge in [0, 0.05) is 20.8 Å². The minimum absolute atomic E-state index is 0.218. The summed E-state index contributed by atoms with van der Waals surface area (Å²) in [6.45, 7) is 3.44. The highest BCUT2D eigenvalue weighted by Crippen LogP contribution is 2.38. The van der Waals surface area contributed by atoms with E-state index in [0.717, 1.165) is 0 Å². The average Bonchev–Trinajstić information content (AvgIpc) is 3.10. The minimum Gasteiger partial charge on any atom is -0.463 e. The lowest BCUT2D eigenvalue weighted by Crippen LogP contribution is -2.40. The highest BCUT2D eigenvalue weighted by Gasteiger charge is 2.51. The highest BCUT2D eigenvalue weighted by molar-refractivity contribution is 7.71. The van der Waals surface area contributed by atoms with Crippen molar-refractivity contribution in [2.45, 2.75) is 45.3 Å². The summed E-state index contributed by atoms with van der Waals surface area (Å²) < 4.78 is 23.6. The van der Waals surface area contributed by atoms with Crippen LogP contribution >= 0.6 is 35.4 Å². The molecule has 1 saturated heterocycles. The summed E-state index contributed by atoms with van der Waals surface area (Å²) in [5.74, 6) is -1.78. The maximum atomic E-state index is 11.8. The van der Waals surface area contributed by atoms with Crippen molar-refractivity contribution in [1.82, 2.24) is 9.55 Å². The van der Waals surface area contributed by atoms with Gasteiger partial charge in [0.15, 0.2) is 23.2 Å². The second kappa shape index (κ2) is 8.93. The molecule has 0 unspecified atom stereocenters. The van der Waals surface area contributed by atoms with Crippen molar-refractivity contribution < 1.29 is 33.3 Å². The highest BCUT2D eigenvalue weighted by atomic mass is 35.5. The van der Waals surface area contributed by atoms with Gasteiger partial charge >= 0.3 is 17.9 Å². The third-order valence-corrected chi connectivity index (χ3v) is 5.37. The monoisotopic (exact) mass is 476 g/mol. The summed E-state index contributed by atoms with van der Waals surface area (Å²) in [5.41, 5.74) is 1.11. The molecule has 9 nitrogen and oxygen atoms in total. The summed E-state index contributed by atoms with van der Waals surface area (Å²) in [6, 6.07) is 3.18. The Morgan fingerprint density at radius 3 is 2.27 bits per heavy atom. The lowest BCUT2D eigenvalue weighted by atomic mass is 10.1. The molecule has 0 saturated carbocycles. The summed E-state index contributed by atoms with van der Waals surface area (Å²) in [5, 5.41) is 0.601. The van der Waals surface area contributed by atoms with E-state index in [2.05, 4.69) is 4.98 Å². The fourth-order valence-corrected chi connectivity index (χ4v) is 3.91. The van der Waals surface area contributed by atoms with Gasteiger partial charge in [0.05, 0.1) is 21.1 Å². The van der Waals surface area contributed by atoms with Crippen LogP contribution in [0, 0.1) is 4.77 Å². The van der Waals surface area contributed by atoms with Crippen LogP contribution in [0.25, 0.3) is 11.0 Å². The largest absolute Gasteiger partial charge is 0.463 e. The van der Waals surface area contributed by atoms with E-state index >= 15 is 0 Å². The molecule has 1 aliphatic heterocycles. The zero-order valence-electron chi connectivity index (χ0n) is 16.1. The van der Waals surface area contributed by atoms with E-state index < -0.39 is 42.4 Å². The number of hydrogen-bond donors (Lipinski definition) is 1. The number of H-pyrrole nitrogens is 1. The fourth-order valence-electron chi connectivity index (χ4n) is 3.27. The van der Waals surface area contributed by atoms with Crippen molar-refractivity contribution in [3.05, 3.63) is 26.9 Å². The van der Waals surface area contributed by atoms with Crippen LogP contribution in [0.5, 0.6) is 0 Å². The first-order valence-corrected chi connectivity index (χ1v) is 9.97. The number of carbonyl (C=O) groups excluding carboxylic acids is 3. The maximum Gasteiger partial charge on any atom is 0.303 e. The molecule has 4 atom stereocenters. The third-order valence-electron chi connectivity index (χ3n) is 4.35. The van der Waals surface area contributed by atoms with Crippen LogP contribution in [-0.2, 0) is 33.3 Å². The van der Waals surface area contributed by atoms with Gasteiger partial charge in [0.2, 0.25) is 0 Å². The maximum absolute atomic E-state index is 11.8. The van der Waals surface area contributed by atoms with Crippen LogP contribution in [-0.4, -0.2) is 52.4 Å². The van der Waals surface area contributed by atoms with Crippen LogP contribution in [0.3, 0.4) is 0 Å². The van der Waals surface area contributed by atoms with Crippen LogP contribution < -0.4 is 0 Å². The van der Waals surface area contributed by atoms with E-state index in [1.165, 1.54) is 20.8 Å². The van der Waals surface area contributed by atoms with E-state index in [9.17, 15) is 14.4 Å². The first-order chi connectivity index (χ1) is 14.1. The van der Waals surface area contributed by atoms with Crippen LogP contribution in [0.1, 0.15) is 27.0 Å². The van der Waals surface area contributed by atoms with Crippen molar-refractivity contribution in [2.75, 3.05) is 6.61 Å². The number of rotatable bonds is 5. The number of aromatic amines is 1. The molecule has 0 aliphatic carbocycles. The molecule has 2 aromatic rings. The SMILES string of the molecule is CC(=O)OC[C@H]1O[C@@H](n2c(=S)[nH]c3cc(Cl)c(Cl)cc32)[C@H](OC(C)=O)[C@@H]1OC(C)=O. The Kier molecular flexibility index (Phi) is 6.71. The standard InChI is InChI=1S/C18H18Cl2N2O7S/c1-7(23)26-6-14-15(27-8(2)24)16(28-9(3)25)17(29-14)22-13-5-11(20)10(19)4-12(13)21-18(22)30/h4-5,14-17H,6H2,1-3H3,(H,21,30)/t14-,15-,16-,17-/m1/s1. The fraction of sp³-hybridized carbons (Fsp3) is 0.444. The summed E-state index contributed by atoms with van der Waals surface area (Å²) in [7, 11) is 0. The second-order valence-electron chi connectivity index (χ2n) is 6.60. The Morgan fingerprint density at radius 2 is 1.67 bits per heavy atom. The van der Waals surface area contributed by atoms with Crippen LogP contribution in [0.4, 0.5) is 0 Å². The predicted molar refractivity (Wildman–Crippen MR) is 109 cm³/mol.